The molecule has 0 fully saturated rings. The summed E-state index contributed by atoms with van der Waals surface area (Å²) in [4.78, 5) is 0. The van der Waals surface area contributed by atoms with E-state index >= 15 is 0 Å². The second kappa shape index (κ2) is 6.31. The van der Waals surface area contributed by atoms with Crippen molar-refractivity contribution in [3.8, 4) is 11.1 Å². The third kappa shape index (κ3) is 3.88. The Balaban J connectivity index is 2.29. The van der Waals surface area contributed by atoms with E-state index in [1.54, 1.807) is 0 Å². The lowest BCUT2D eigenvalue weighted by atomic mass is 10.0. The van der Waals surface area contributed by atoms with Crippen molar-refractivity contribution in [2.45, 2.75) is 26.4 Å². The molecule has 0 aromatic heterocycles. The smallest absolute Gasteiger partial charge is 0.131 e. The van der Waals surface area contributed by atoms with Crippen LogP contribution >= 0.6 is 15.9 Å². The number of hydrogen-bond donors (Lipinski definition) is 1. The maximum atomic E-state index is 13.9. The minimum atomic E-state index is -0.185. The summed E-state index contributed by atoms with van der Waals surface area (Å²) in [5.41, 5.74) is 2.63. The van der Waals surface area contributed by atoms with Gasteiger partial charge >= 0.3 is 0 Å². The van der Waals surface area contributed by atoms with E-state index in [2.05, 4.69) is 35.1 Å². The molecule has 1 nitrogen and oxygen atoms in total. The monoisotopic (exact) mass is 321 g/mol. The zero-order chi connectivity index (χ0) is 13.8. The van der Waals surface area contributed by atoms with Crippen molar-refractivity contribution in [1.29, 1.82) is 0 Å². The largest absolute Gasteiger partial charge is 0.310 e. The lowest BCUT2D eigenvalue weighted by Gasteiger charge is -2.10. The van der Waals surface area contributed by atoms with Gasteiger partial charge in [0.2, 0.25) is 0 Å². The molecule has 100 valence electrons. The van der Waals surface area contributed by atoms with Crippen molar-refractivity contribution >= 4 is 15.9 Å². The average Bonchev–Trinajstić information content (AvgIpc) is 2.39. The van der Waals surface area contributed by atoms with Crippen LogP contribution in [0.25, 0.3) is 11.1 Å². The zero-order valence-electron chi connectivity index (χ0n) is 11.1. The molecule has 2 aromatic carbocycles. The highest BCUT2D eigenvalue weighted by molar-refractivity contribution is 9.10. The summed E-state index contributed by atoms with van der Waals surface area (Å²) in [6, 6.07) is 13.4. The molecule has 0 saturated carbocycles. The molecule has 0 spiro atoms. The van der Waals surface area contributed by atoms with Gasteiger partial charge in [-0.25, -0.2) is 4.39 Å². The first-order chi connectivity index (χ1) is 9.06. The number of benzene rings is 2. The van der Waals surface area contributed by atoms with Crippen molar-refractivity contribution in [2.75, 3.05) is 0 Å². The van der Waals surface area contributed by atoms with Crippen LogP contribution in [0, 0.1) is 5.82 Å². The minimum Gasteiger partial charge on any atom is -0.310 e. The van der Waals surface area contributed by atoms with Gasteiger partial charge in [-0.2, -0.15) is 0 Å². The van der Waals surface area contributed by atoms with Gasteiger partial charge in [0.25, 0.3) is 0 Å². The molecular weight excluding hydrogens is 305 g/mol. The summed E-state index contributed by atoms with van der Waals surface area (Å²) in [7, 11) is 0. The summed E-state index contributed by atoms with van der Waals surface area (Å²) < 4.78 is 14.9. The van der Waals surface area contributed by atoms with Crippen molar-refractivity contribution in [1.82, 2.24) is 5.32 Å². The van der Waals surface area contributed by atoms with E-state index in [1.165, 1.54) is 6.07 Å². The van der Waals surface area contributed by atoms with E-state index in [9.17, 15) is 4.39 Å². The SMILES string of the molecule is CC(C)NCc1ccc(F)c(-c2ccc(Br)cc2)c1. The minimum absolute atomic E-state index is 0.185. The van der Waals surface area contributed by atoms with Crippen molar-refractivity contribution in [3.05, 3.63) is 58.3 Å². The molecule has 2 aromatic rings. The van der Waals surface area contributed by atoms with Crippen LogP contribution in [0.15, 0.2) is 46.9 Å². The van der Waals surface area contributed by atoms with E-state index < -0.39 is 0 Å². The van der Waals surface area contributed by atoms with E-state index in [-0.39, 0.29) is 5.82 Å². The van der Waals surface area contributed by atoms with Gasteiger partial charge in [0.15, 0.2) is 0 Å². The summed E-state index contributed by atoms with van der Waals surface area (Å²) in [5, 5.41) is 3.34. The van der Waals surface area contributed by atoms with Crippen molar-refractivity contribution in [3.63, 3.8) is 0 Å². The van der Waals surface area contributed by atoms with Crippen LogP contribution < -0.4 is 5.32 Å². The predicted octanol–water partition coefficient (Wildman–Crippen LogP) is 4.75. The Morgan fingerprint density at radius 1 is 1.11 bits per heavy atom. The first-order valence-electron chi connectivity index (χ1n) is 6.34. The molecule has 0 aliphatic rings. The highest BCUT2D eigenvalue weighted by Gasteiger charge is 2.06. The first-order valence-corrected chi connectivity index (χ1v) is 7.13. The molecule has 0 saturated heterocycles. The fourth-order valence-corrected chi connectivity index (χ4v) is 2.12. The molecule has 0 aliphatic heterocycles. The molecule has 19 heavy (non-hydrogen) atoms. The van der Waals surface area contributed by atoms with Gasteiger partial charge in [-0.05, 0) is 35.4 Å². The van der Waals surface area contributed by atoms with Gasteiger partial charge in [0, 0.05) is 22.6 Å². The molecular formula is C16H17BrFN. The van der Waals surface area contributed by atoms with Crippen LogP contribution in [-0.4, -0.2) is 6.04 Å². The normalized spacial score (nSPS) is 11.0. The molecule has 0 bridgehead atoms. The van der Waals surface area contributed by atoms with Crippen LogP contribution in [-0.2, 0) is 6.54 Å². The topological polar surface area (TPSA) is 12.0 Å². The van der Waals surface area contributed by atoms with E-state index in [4.69, 9.17) is 0 Å². The van der Waals surface area contributed by atoms with Gasteiger partial charge in [0.05, 0.1) is 0 Å². The molecule has 0 amide bonds. The Hall–Kier alpha value is -1.19. The van der Waals surface area contributed by atoms with E-state index in [0.717, 1.165) is 22.1 Å². The third-order valence-corrected chi connectivity index (χ3v) is 3.43. The van der Waals surface area contributed by atoms with Gasteiger partial charge in [-0.3, -0.25) is 0 Å². The van der Waals surface area contributed by atoms with Crippen molar-refractivity contribution in [2.24, 2.45) is 0 Å². The molecule has 1 N–H and O–H groups in total. The van der Waals surface area contributed by atoms with E-state index in [0.29, 0.717) is 11.6 Å². The molecule has 3 heteroatoms. The maximum absolute atomic E-state index is 13.9. The molecule has 0 radical (unpaired) electrons. The maximum Gasteiger partial charge on any atom is 0.131 e. The third-order valence-electron chi connectivity index (χ3n) is 2.90. The second-order valence-corrected chi connectivity index (χ2v) is 5.77. The van der Waals surface area contributed by atoms with Crippen LogP contribution in [0.5, 0.6) is 0 Å². The van der Waals surface area contributed by atoms with Gasteiger partial charge in [-0.1, -0.05) is 48.0 Å². The van der Waals surface area contributed by atoms with Gasteiger partial charge in [0.1, 0.15) is 5.82 Å². The van der Waals surface area contributed by atoms with Crippen LogP contribution in [0.3, 0.4) is 0 Å². The average molecular weight is 322 g/mol. The lowest BCUT2D eigenvalue weighted by Crippen LogP contribution is -2.21. The zero-order valence-corrected chi connectivity index (χ0v) is 12.7. The number of halogens is 2. The lowest BCUT2D eigenvalue weighted by molar-refractivity contribution is 0.586. The Morgan fingerprint density at radius 3 is 2.42 bits per heavy atom. The highest BCUT2D eigenvalue weighted by atomic mass is 79.9. The second-order valence-electron chi connectivity index (χ2n) is 4.86. The number of hydrogen-bond acceptors (Lipinski definition) is 1. The summed E-state index contributed by atoms with van der Waals surface area (Å²) in [5.74, 6) is -0.185. The number of rotatable bonds is 4. The van der Waals surface area contributed by atoms with Crippen LogP contribution in [0.2, 0.25) is 0 Å². The summed E-state index contributed by atoms with van der Waals surface area (Å²) in [6.45, 7) is 4.94. The summed E-state index contributed by atoms with van der Waals surface area (Å²) in [6.07, 6.45) is 0. The molecule has 0 heterocycles. The predicted molar refractivity (Wildman–Crippen MR) is 81.5 cm³/mol. The number of nitrogens with one attached hydrogen (secondary N) is 1. The molecule has 2 rings (SSSR count). The highest BCUT2D eigenvalue weighted by Crippen LogP contribution is 2.25. The Morgan fingerprint density at radius 2 is 1.79 bits per heavy atom. The Bertz CT molecular complexity index is 549. The standard InChI is InChI=1S/C16H17BrFN/c1-11(2)19-10-12-3-8-16(18)15(9-12)13-4-6-14(17)7-5-13/h3-9,11,19H,10H2,1-2H3. The Labute approximate surface area is 122 Å². The Kier molecular flexibility index (Phi) is 4.72. The fourth-order valence-electron chi connectivity index (χ4n) is 1.86. The molecule has 0 unspecified atom stereocenters. The van der Waals surface area contributed by atoms with Crippen molar-refractivity contribution < 1.29 is 4.39 Å². The molecule has 0 aliphatic carbocycles. The van der Waals surface area contributed by atoms with Gasteiger partial charge < -0.3 is 5.32 Å². The quantitative estimate of drug-likeness (QED) is 0.856. The van der Waals surface area contributed by atoms with E-state index in [1.807, 2.05) is 36.4 Å². The van der Waals surface area contributed by atoms with Gasteiger partial charge in [-0.15, -0.1) is 0 Å². The summed E-state index contributed by atoms with van der Waals surface area (Å²) >= 11 is 3.39. The first kappa shape index (κ1) is 14.2. The fraction of sp³-hybridized carbons (Fsp3) is 0.250. The van der Waals surface area contributed by atoms with Crippen LogP contribution in [0.1, 0.15) is 19.4 Å². The molecule has 0 atom stereocenters. The van der Waals surface area contributed by atoms with Crippen LogP contribution in [0.4, 0.5) is 4.39 Å².